The maximum Gasteiger partial charge on any atom is 0.254 e. The first-order valence-electron chi connectivity index (χ1n) is 5.61. The minimum Gasteiger partial charge on any atom is -0.336 e. The van der Waals surface area contributed by atoms with Crippen LogP contribution in [0.2, 0.25) is 0 Å². The molecule has 1 aliphatic rings. The van der Waals surface area contributed by atoms with Gasteiger partial charge in [0.1, 0.15) is 5.82 Å². The van der Waals surface area contributed by atoms with Gasteiger partial charge in [0.2, 0.25) is 0 Å². The summed E-state index contributed by atoms with van der Waals surface area (Å²) in [7, 11) is 0. The minimum absolute atomic E-state index is 0.101. The lowest BCUT2D eigenvalue weighted by molar-refractivity contribution is 0.0735. The fourth-order valence-electron chi connectivity index (χ4n) is 1.86. The Kier molecular flexibility index (Phi) is 4.02. The van der Waals surface area contributed by atoms with Crippen molar-refractivity contribution in [3.8, 4) is 0 Å². The number of nitrogens with one attached hydrogen (secondary N) is 1. The molecule has 1 aromatic carbocycles. The number of carbonyl (C=O) groups is 1. The molecule has 0 radical (unpaired) electrons. The van der Waals surface area contributed by atoms with Crippen LogP contribution in [0.4, 0.5) is 4.39 Å². The van der Waals surface area contributed by atoms with Crippen LogP contribution in [0.15, 0.2) is 18.2 Å². The van der Waals surface area contributed by atoms with Crippen LogP contribution < -0.4 is 5.32 Å². The number of nitrogens with zero attached hydrogens (tertiary/aromatic N) is 1. The highest BCUT2D eigenvalue weighted by atomic mass is 32.1. The standard InChI is InChI=1S/C12H15FN2OS/c13-11-7-9(1-2-10(11)8-17)12(16)15-5-3-14-4-6-15/h1-2,7,14,17H,3-6,8H2. The van der Waals surface area contributed by atoms with Gasteiger partial charge >= 0.3 is 0 Å². The molecule has 0 spiro atoms. The molecular formula is C12H15FN2OS. The van der Waals surface area contributed by atoms with E-state index in [-0.39, 0.29) is 11.7 Å². The molecule has 1 heterocycles. The molecule has 3 nitrogen and oxygen atoms in total. The zero-order valence-electron chi connectivity index (χ0n) is 9.45. The first kappa shape index (κ1) is 12.4. The number of rotatable bonds is 2. The second-order valence-corrected chi connectivity index (χ2v) is 4.32. The summed E-state index contributed by atoms with van der Waals surface area (Å²) < 4.78 is 13.5. The lowest BCUT2D eigenvalue weighted by atomic mass is 10.1. The SMILES string of the molecule is O=C(c1ccc(CS)c(F)c1)N1CCNCC1. The van der Waals surface area contributed by atoms with E-state index < -0.39 is 0 Å². The maximum atomic E-state index is 13.5. The molecule has 1 saturated heterocycles. The molecule has 1 N–H and O–H groups in total. The zero-order chi connectivity index (χ0) is 12.3. The first-order chi connectivity index (χ1) is 8.22. The molecule has 1 aromatic rings. The molecule has 0 aromatic heterocycles. The van der Waals surface area contributed by atoms with Crippen molar-refractivity contribution in [2.45, 2.75) is 5.75 Å². The van der Waals surface area contributed by atoms with Crippen molar-refractivity contribution >= 4 is 18.5 Å². The van der Waals surface area contributed by atoms with E-state index in [1.54, 1.807) is 17.0 Å². The summed E-state index contributed by atoms with van der Waals surface area (Å²) >= 11 is 4.02. The Balaban J connectivity index is 2.16. The molecule has 0 bridgehead atoms. The van der Waals surface area contributed by atoms with E-state index in [1.165, 1.54) is 6.07 Å². The highest BCUT2D eigenvalue weighted by Gasteiger charge is 2.18. The lowest BCUT2D eigenvalue weighted by Crippen LogP contribution is -2.46. The minimum atomic E-state index is -0.360. The third-order valence-electron chi connectivity index (χ3n) is 2.87. The molecule has 1 fully saturated rings. The normalized spacial score (nSPS) is 16.0. The quantitative estimate of drug-likeness (QED) is 0.780. The third-order valence-corrected chi connectivity index (χ3v) is 3.22. The smallest absolute Gasteiger partial charge is 0.254 e. The van der Waals surface area contributed by atoms with E-state index in [9.17, 15) is 9.18 Å². The van der Waals surface area contributed by atoms with Crippen LogP contribution in [0.1, 0.15) is 15.9 Å². The molecule has 1 amide bonds. The molecule has 17 heavy (non-hydrogen) atoms. The van der Waals surface area contributed by atoms with E-state index in [0.717, 1.165) is 13.1 Å². The predicted octanol–water partition coefficient (Wildman–Crippen LogP) is 1.30. The molecule has 0 unspecified atom stereocenters. The van der Waals surface area contributed by atoms with Gasteiger partial charge < -0.3 is 10.2 Å². The molecule has 0 aliphatic carbocycles. The Morgan fingerprint density at radius 3 is 2.71 bits per heavy atom. The van der Waals surface area contributed by atoms with Gasteiger partial charge in [-0.15, -0.1) is 0 Å². The topological polar surface area (TPSA) is 32.3 Å². The van der Waals surface area contributed by atoms with Crippen LogP contribution in [-0.2, 0) is 5.75 Å². The van der Waals surface area contributed by atoms with Gasteiger partial charge in [0.25, 0.3) is 5.91 Å². The van der Waals surface area contributed by atoms with Crippen molar-refractivity contribution in [2.75, 3.05) is 26.2 Å². The largest absolute Gasteiger partial charge is 0.336 e. The highest BCUT2D eigenvalue weighted by molar-refractivity contribution is 7.79. The van der Waals surface area contributed by atoms with Crippen molar-refractivity contribution < 1.29 is 9.18 Å². The Hall–Kier alpha value is -1.07. The van der Waals surface area contributed by atoms with Crippen molar-refractivity contribution in [1.82, 2.24) is 10.2 Å². The number of carbonyl (C=O) groups excluding carboxylic acids is 1. The fourth-order valence-corrected chi connectivity index (χ4v) is 2.12. The van der Waals surface area contributed by atoms with Crippen molar-refractivity contribution in [2.24, 2.45) is 0 Å². The van der Waals surface area contributed by atoms with E-state index in [2.05, 4.69) is 17.9 Å². The van der Waals surface area contributed by atoms with Gasteiger partial charge in [-0.2, -0.15) is 12.6 Å². The van der Waals surface area contributed by atoms with Crippen LogP contribution in [0, 0.1) is 5.82 Å². The molecule has 0 atom stereocenters. The van der Waals surface area contributed by atoms with Gasteiger partial charge in [-0.25, -0.2) is 4.39 Å². The number of amides is 1. The molecule has 2 rings (SSSR count). The highest BCUT2D eigenvalue weighted by Crippen LogP contribution is 2.14. The van der Waals surface area contributed by atoms with Crippen LogP contribution in [-0.4, -0.2) is 37.0 Å². The number of halogens is 1. The second-order valence-electron chi connectivity index (χ2n) is 4.01. The molecule has 5 heteroatoms. The van der Waals surface area contributed by atoms with Crippen LogP contribution in [0.25, 0.3) is 0 Å². The molecule has 92 valence electrons. The Labute approximate surface area is 105 Å². The van der Waals surface area contributed by atoms with Crippen molar-refractivity contribution in [3.05, 3.63) is 35.1 Å². The van der Waals surface area contributed by atoms with Gasteiger partial charge in [-0.3, -0.25) is 4.79 Å². The average molecular weight is 254 g/mol. The van der Waals surface area contributed by atoms with Gasteiger partial charge in [-0.05, 0) is 17.7 Å². The van der Waals surface area contributed by atoms with E-state index in [0.29, 0.717) is 30.0 Å². The predicted molar refractivity (Wildman–Crippen MR) is 67.9 cm³/mol. The summed E-state index contributed by atoms with van der Waals surface area (Å²) in [6, 6.07) is 4.59. The number of thiol groups is 1. The van der Waals surface area contributed by atoms with Crippen LogP contribution in [0.3, 0.4) is 0 Å². The number of piperazine rings is 1. The second kappa shape index (κ2) is 5.51. The van der Waals surface area contributed by atoms with Gasteiger partial charge in [0.05, 0.1) is 0 Å². The van der Waals surface area contributed by atoms with E-state index in [4.69, 9.17) is 0 Å². The van der Waals surface area contributed by atoms with Crippen molar-refractivity contribution in [1.29, 1.82) is 0 Å². The number of hydrogen-bond donors (Lipinski definition) is 2. The van der Waals surface area contributed by atoms with Crippen LogP contribution in [0.5, 0.6) is 0 Å². The Bertz CT molecular complexity index is 419. The molecule has 0 saturated carbocycles. The monoisotopic (exact) mass is 254 g/mol. The summed E-state index contributed by atoms with van der Waals surface area (Å²) in [5.74, 6) is -0.120. The number of hydrogen-bond acceptors (Lipinski definition) is 3. The average Bonchev–Trinajstić information content (AvgIpc) is 2.39. The van der Waals surface area contributed by atoms with Crippen LogP contribution >= 0.6 is 12.6 Å². The first-order valence-corrected chi connectivity index (χ1v) is 6.25. The third kappa shape index (κ3) is 2.79. The van der Waals surface area contributed by atoms with Gasteiger partial charge in [0, 0.05) is 37.5 Å². The Morgan fingerprint density at radius 2 is 2.12 bits per heavy atom. The van der Waals surface area contributed by atoms with E-state index >= 15 is 0 Å². The summed E-state index contributed by atoms with van der Waals surface area (Å²) in [5.41, 5.74) is 0.931. The summed E-state index contributed by atoms with van der Waals surface area (Å²) in [6.45, 7) is 2.94. The zero-order valence-corrected chi connectivity index (χ0v) is 10.3. The molecule has 1 aliphatic heterocycles. The summed E-state index contributed by atoms with van der Waals surface area (Å²) in [4.78, 5) is 13.8. The summed E-state index contributed by atoms with van der Waals surface area (Å²) in [6.07, 6.45) is 0. The summed E-state index contributed by atoms with van der Waals surface area (Å²) in [5, 5.41) is 3.17. The fraction of sp³-hybridized carbons (Fsp3) is 0.417. The lowest BCUT2D eigenvalue weighted by Gasteiger charge is -2.27. The number of benzene rings is 1. The molecular weight excluding hydrogens is 239 g/mol. The van der Waals surface area contributed by atoms with E-state index in [1.807, 2.05) is 0 Å². The van der Waals surface area contributed by atoms with Gasteiger partial charge in [0.15, 0.2) is 0 Å². The Morgan fingerprint density at radius 1 is 1.41 bits per heavy atom. The van der Waals surface area contributed by atoms with Crippen molar-refractivity contribution in [3.63, 3.8) is 0 Å². The van der Waals surface area contributed by atoms with Gasteiger partial charge in [-0.1, -0.05) is 6.07 Å². The maximum absolute atomic E-state index is 13.5.